The van der Waals surface area contributed by atoms with Gasteiger partial charge in [-0.1, -0.05) is 53.4 Å². The van der Waals surface area contributed by atoms with Crippen LogP contribution in [0.25, 0.3) is 0 Å². The van der Waals surface area contributed by atoms with Gasteiger partial charge in [-0.05, 0) is 19.1 Å². The molecule has 0 unspecified atom stereocenters. The minimum atomic E-state index is -0.480. The molecule has 1 atom stereocenters. The predicted octanol–water partition coefficient (Wildman–Crippen LogP) is 4.89. The van der Waals surface area contributed by atoms with E-state index in [9.17, 15) is 4.39 Å². The van der Waals surface area contributed by atoms with Crippen LogP contribution in [0.1, 0.15) is 28.0 Å². The predicted molar refractivity (Wildman–Crippen MR) is 95.2 cm³/mol. The maximum absolute atomic E-state index is 14.0. The van der Waals surface area contributed by atoms with Crippen LogP contribution in [0.5, 0.6) is 5.75 Å². The molecule has 0 radical (unpaired) electrons. The Bertz CT molecular complexity index is 886. The lowest BCUT2D eigenvalue weighted by Gasteiger charge is -2.28. The normalized spacial score (nSPS) is 16.3. The van der Waals surface area contributed by atoms with Gasteiger partial charge in [0.15, 0.2) is 4.34 Å². The van der Waals surface area contributed by atoms with Gasteiger partial charge in [-0.3, -0.25) is 0 Å². The maximum Gasteiger partial charge on any atom is 0.227 e. The van der Waals surface area contributed by atoms with Crippen LogP contribution in [-0.2, 0) is 17.1 Å². The van der Waals surface area contributed by atoms with E-state index in [-0.39, 0.29) is 5.82 Å². The molecule has 0 fully saturated rings. The molecule has 4 rings (SSSR count). The molecule has 0 saturated heterocycles. The van der Waals surface area contributed by atoms with Crippen LogP contribution in [0.3, 0.4) is 0 Å². The average molecular weight is 374 g/mol. The van der Waals surface area contributed by atoms with Gasteiger partial charge in [-0.2, -0.15) is 0 Å². The Hall–Kier alpha value is -1.96. The zero-order valence-electron chi connectivity index (χ0n) is 13.4. The quantitative estimate of drug-likeness (QED) is 0.609. The third-order valence-corrected chi connectivity index (χ3v) is 5.77. The van der Waals surface area contributed by atoms with Gasteiger partial charge in [0, 0.05) is 22.4 Å². The Morgan fingerprint density at radius 3 is 2.84 bits per heavy atom. The summed E-state index contributed by atoms with van der Waals surface area (Å²) in [7, 11) is 0. The lowest BCUT2D eigenvalue weighted by atomic mass is 10.1. The Morgan fingerprint density at radius 1 is 1.24 bits per heavy atom. The second kappa shape index (κ2) is 7.11. The van der Waals surface area contributed by atoms with E-state index in [0.717, 1.165) is 26.0 Å². The monoisotopic (exact) mass is 374 g/mol. The van der Waals surface area contributed by atoms with Crippen molar-refractivity contribution in [2.45, 2.75) is 29.9 Å². The number of fused-ring (bicyclic) bond motifs is 1. The third kappa shape index (κ3) is 3.68. The molecule has 2 heterocycles. The van der Waals surface area contributed by atoms with Crippen LogP contribution in [0.2, 0.25) is 0 Å². The van der Waals surface area contributed by atoms with E-state index in [0.29, 0.717) is 18.1 Å². The molecular weight excluding hydrogens is 359 g/mol. The second-order valence-electron chi connectivity index (χ2n) is 5.60. The van der Waals surface area contributed by atoms with E-state index in [1.807, 2.05) is 37.3 Å². The summed E-state index contributed by atoms with van der Waals surface area (Å²) >= 11 is 3.06. The number of thioether (sulfide) groups is 1. The number of ether oxygens (including phenoxy) is 2. The first-order valence-corrected chi connectivity index (χ1v) is 9.56. The molecule has 7 heteroatoms. The van der Waals surface area contributed by atoms with Crippen LogP contribution >= 0.6 is 23.1 Å². The zero-order valence-corrected chi connectivity index (χ0v) is 15.1. The molecule has 2 aromatic carbocycles. The van der Waals surface area contributed by atoms with E-state index < -0.39 is 6.29 Å². The van der Waals surface area contributed by atoms with Gasteiger partial charge in [0.25, 0.3) is 0 Å². The molecule has 1 aliphatic heterocycles. The highest BCUT2D eigenvalue weighted by atomic mass is 32.2. The Labute approximate surface area is 153 Å². The molecule has 128 valence electrons. The van der Waals surface area contributed by atoms with E-state index >= 15 is 0 Å². The van der Waals surface area contributed by atoms with Crippen LogP contribution in [-0.4, -0.2) is 10.2 Å². The molecule has 1 aliphatic rings. The molecule has 0 spiro atoms. The zero-order chi connectivity index (χ0) is 17.2. The van der Waals surface area contributed by atoms with Crippen molar-refractivity contribution in [2.75, 3.05) is 0 Å². The molecule has 0 aliphatic carbocycles. The number of hydrogen-bond donors (Lipinski definition) is 0. The third-order valence-electron chi connectivity index (χ3n) is 3.75. The van der Waals surface area contributed by atoms with Gasteiger partial charge >= 0.3 is 0 Å². The Kier molecular flexibility index (Phi) is 4.70. The standard InChI is InChI=1S/C18H15FN2O2S2/c1-11-20-21-18(25-11)24-10-14-8-15(19)7-13-9-22-17(23-16(13)14)12-5-3-2-4-6-12/h2-8,17H,9-10H2,1H3/t17-/m1/s1. The SMILES string of the molecule is Cc1nnc(SCc2cc(F)cc3c2O[C@H](c2ccccc2)OC3)s1. The van der Waals surface area contributed by atoms with E-state index in [4.69, 9.17) is 9.47 Å². The van der Waals surface area contributed by atoms with Crippen molar-refractivity contribution in [3.8, 4) is 5.75 Å². The highest BCUT2D eigenvalue weighted by molar-refractivity contribution is 8.00. The smallest absolute Gasteiger partial charge is 0.227 e. The number of hydrogen-bond acceptors (Lipinski definition) is 6. The largest absolute Gasteiger partial charge is 0.460 e. The number of aromatic nitrogens is 2. The summed E-state index contributed by atoms with van der Waals surface area (Å²) in [5.74, 6) is 0.986. The van der Waals surface area contributed by atoms with E-state index in [2.05, 4.69) is 10.2 Å². The molecule has 0 saturated carbocycles. The number of nitrogens with zero attached hydrogens (tertiary/aromatic N) is 2. The Balaban J connectivity index is 1.59. The van der Waals surface area contributed by atoms with Crippen molar-refractivity contribution >= 4 is 23.1 Å². The first-order chi connectivity index (χ1) is 12.2. The molecule has 0 amide bonds. The summed E-state index contributed by atoms with van der Waals surface area (Å²) in [6, 6.07) is 12.7. The fourth-order valence-corrected chi connectivity index (χ4v) is 4.42. The Morgan fingerprint density at radius 2 is 2.08 bits per heavy atom. The van der Waals surface area contributed by atoms with Gasteiger partial charge in [0.05, 0.1) is 6.61 Å². The summed E-state index contributed by atoms with van der Waals surface area (Å²) in [6.07, 6.45) is -0.480. The van der Waals surface area contributed by atoms with Gasteiger partial charge < -0.3 is 9.47 Å². The number of benzene rings is 2. The lowest BCUT2D eigenvalue weighted by molar-refractivity contribution is -0.112. The molecule has 0 bridgehead atoms. The topological polar surface area (TPSA) is 44.2 Å². The highest BCUT2D eigenvalue weighted by Crippen LogP contribution is 2.39. The average Bonchev–Trinajstić information content (AvgIpc) is 3.05. The van der Waals surface area contributed by atoms with Gasteiger partial charge in [-0.15, -0.1) is 10.2 Å². The van der Waals surface area contributed by atoms with Crippen LogP contribution in [0.4, 0.5) is 4.39 Å². The minimum absolute atomic E-state index is 0.284. The number of aryl methyl sites for hydroxylation is 1. The van der Waals surface area contributed by atoms with Crippen LogP contribution < -0.4 is 4.74 Å². The molecule has 1 aromatic heterocycles. The van der Waals surface area contributed by atoms with Crippen molar-refractivity contribution in [1.29, 1.82) is 0 Å². The summed E-state index contributed by atoms with van der Waals surface area (Å²) in [5.41, 5.74) is 2.48. The number of rotatable bonds is 4. The van der Waals surface area contributed by atoms with Gasteiger partial charge in [0.2, 0.25) is 6.29 Å². The fourth-order valence-electron chi connectivity index (χ4n) is 2.63. The molecule has 3 aromatic rings. The lowest BCUT2D eigenvalue weighted by Crippen LogP contribution is -2.19. The fraction of sp³-hybridized carbons (Fsp3) is 0.222. The first kappa shape index (κ1) is 16.5. The van der Waals surface area contributed by atoms with Crippen molar-refractivity contribution in [1.82, 2.24) is 10.2 Å². The maximum atomic E-state index is 14.0. The summed E-state index contributed by atoms with van der Waals surface area (Å²) in [5, 5.41) is 9.02. The minimum Gasteiger partial charge on any atom is -0.460 e. The number of halogens is 1. The van der Waals surface area contributed by atoms with Gasteiger partial charge in [0.1, 0.15) is 16.6 Å². The summed E-state index contributed by atoms with van der Waals surface area (Å²) < 4.78 is 26.6. The molecular formula is C18H15FN2O2S2. The van der Waals surface area contributed by atoms with Crippen molar-refractivity contribution in [3.63, 3.8) is 0 Å². The van der Waals surface area contributed by atoms with Crippen molar-refractivity contribution < 1.29 is 13.9 Å². The molecule has 0 N–H and O–H groups in total. The van der Waals surface area contributed by atoms with Crippen LogP contribution in [0, 0.1) is 12.7 Å². The van der Waals surface area contributed by atoms with Crippen LogP contribution in [0.15, 0.2) is 46.8 Å². The summed E-state index contributed by atoms with van der Waals surface area (Å²) in [6.45, 7) is 2.24. The second-order valence-corrected chi connectivity index (χ2v) is 8.00. The first-order valence-electron chi connectivity index (χ1n) is 7.76. The van der Waals surface area contributed by atoms with Crippen molar-refractivity contribution in [3.05, 3.63) is 70.0 Å². The molecule has 4 nitrogen and oxygen atoms in total. The van der Waals surface area contributed by atoms with Gasteiger partial charge in [-0.25, -0.2) is 4.39 Å². The summed E-state index contributed by atoms with van der Waals surface area (Å²) in [4.78, 5) is 0. The van der Waals surface area contributed by atoms with E-state index in [1.54, 1.807) is 0 Å². The van der Waals surface area contributed by atoms with Crippen molar-refractivity contribution in [2.24, 2.45) is 0 Å². The molecule has 25 heavy (non-hydrogen) atoms. The van der Waals surface area contributed by atoms with E-state index in [1.165, 1.54) is 35.2 Å². The highest BCUT2D eigenvalue weighted by Gasteiger charge is 2.25.